The van der Waals surface area contributed by atoms with Gasteiger partial charge >= 0.3 is 0 Å². The fraction of sp³-hybridized carbons (Fsp3) is 0.579. The van der Waals surface area contributed by atoms with E-state index < -0.39 is 0 Å². The molecule has 0 aromatic carbocycles. The Labute approximate surface area is 183 Å². The Morgan fingerprint density at radius 3 is 3.04 bits per heavy atom. The van der Waals surface area contributed by atoms with Crippen LogP contribution in [0.5, 0.6) is 0 Å². The molecule has 27 heavy (non-hydrogen) atoms. The molecule has 2 aromatic rings. The van der Waals surface area contributed by atoms with Gasteiger partial charge in [-0.3, -0.25) is 9.67 Å². The lowest BCUT2D eigenvalue weighted by molar-refractivity contribution is -0.00805. The minimum Gasteiger partial charge on any atom is -0.370 e. The van der Waals surface area contributed by atoms with Gasteiger partial charge in [0.2, 0.25) is 0 Å². The summed E-state index contributed by atoms with van der Waals surface area (Å²) in [6.07, 6.45) is 5.05. The molecule has 6 nitrogen and oxygen atoms in total. The lowest BCUT2D eigenvalue weighted by atomic mass is 10.1. The van der Waals surface area contributed by atoms with Crippen molar-refractivity contribution in [2.24, 2.45) is 18.0 Å². The molecule has 150 valence electrons. The molecule has 1 saturated heterocycles. The highest BCUT2D eigenvalue weighted by molar-refractivity contribution is 14.0. The third-order valence-electron chi connectivity index (χ3n) is 4.48. The number of nitrogens with one attached hydrogen (secondary N) is 1. The number of nitrogens with zero attached hydrogens (tertiary/aromatic N) is 4. The smallest absolute Gasteiger partial charge is 0.194 e. The second-order valence-electron chi connectivity index (χ2n) is 6.84. The Hall–Kier alpha value is -1.13. The zero-order valence-corrected chi connectivity index (χ0v) is 19.4. The van der Waals surface area contributed by atoms with Crippen molar-refractivity contribution in [3.8, 4) is 0 Å². The number of aryl methyl sites for hydroxylation is 1. The standard InChI is InChI=1S/C19H29N5OS.HI/c1-4-20-19(21-11-15(2)10-17-6-5-9-26-17)24-7-8-25-18(14-24)16-12-22-23(3)13-16;/h5-6,9,12-13,15,18H,4,7-8,10-11,14H2,1-3H3,(H,20,21);1H. The van der Waals surface area contributed by atoms with Gasteiger partial charge in [-0.15, -0.1) is 35.3 Å². The summed E-state index contributed by atoms with van der Waals surface area (Å²) in [7, 11) is 1.94. The molecule has 1 aliphatic heterocycles. The second-order valence-corrected chi connectivity index (χ2v) is 7.87. The van der Waals surface area contributed by atoms with E-state index in [1.54, 1.807) is 0 Å². The van der Waals surface area contributed by atoms with Gasteiger partial charge in [0, 0.05) is 43.3 Å². The normalized spacial score (nSPS) is 18.9. The quantitative estimate of drug-likeness (QED) is 0.374. The molecule has 1 fully saturated rings. The van der Waals surface area contributed by atoms with Crippen LogP contribution < -0.4 is 5.32 Å². The first-order chi connectivity index (χ1) is 12.7. The predicted octanol–water partition coefficient (Wildman–Crippen LogP) is 3.32. The summed E-state index contributed by atoms with van der Waals surface area (Å²) in [4.78, 5) is 8.65. The van der Waals surface area contributed by atoms with Crippen molar-refractivity contribution in [2.45, 2.75) is 26.4 Å². The molecule has 0 radical (unpaired) electrons. The number of thiophene rings is 1. The highest BCUT2D eigenvalue weighted by Crippen LogP contribution is 2.22. The van der Waals surface area contributed by atoms with Gasteiger partial charge in [-0.05, 0) is 30.7 Å². The number of hydrogen-bond donors (Lipinski definition) is 1. The number of aromatic nitrogens is 2. The average Bonchev–Trinajstić information content (AvgIpc) is 3.30. The molecule has 0 aliphatic carbocycles. The van der Waals surface area contributed by atoms with Crippen LogP contribution in [-0.4, -0.2) is 53.4 Å². The Balaban J connectivity index is 0.00000261. The number of hydrogen-bond acceptors (Lipinski definition) is 4. The average molecular weight is 503 g/mol. The van der Waals surface area contributed by atoms with Crippen molar-refractivity contribution in [3.05, 3.63) is 40.3 Å². The highest BCUT2D eigenvalue weighted by Gasteiger charge is 2.25. The summed E-state index contributed by atoms with van der Waals surface area (Å²) in [5.41, 5.74) is 1.12. The molecule has 0 spiro atoms. The van der Waals surface area contributed by atoms with E-state index in [-0.39, 0.29) is 30.1 Å². The van der Waals surface area contributed by atoms with Crippen LogP contribution >= 0.6 is 35.3 Å². The van der Waals surface area contributed by atoms with E-state index in [0.717, 1.165) is 44.1 Å². The lowest BCUT2D eigenvalue weighted by Gasteiger charge is -2.35. The lowest BCUT2D eigenvalue weighted by Crippen LogP contribution is -2.48. The van der Waals surface area contributed by atoms with Crippen LogP contribution in [0.1, 0.15) is 30.4 Å². The molecule has 0 bridgehead atoms. The molecule has 0 amide bonds. The third kappa shape index (κ3) is 6.46. The van der Waals surface area contributed by atoms with E-state index in [9.17, 15) is 0 Å². The number of ether oxygens (including phenoxy) is 1. The third-order valence-corrected chi connectivity index (χ3v) is 5.38. The van der Waals surface area contributed by atoms with Gasteiger partial charge in [0.25, 0.3) is 0 Å². The van der Waals surface area contributed by atoms with E-state index in [1.165, 1.54) is 4.88 Å². The second kappa shape index (κ2) is 11.0. The van der Waals surface area contributed by atoms with Gasteiger partial charge in [0.1, 0.15) is 6.10 Å². The first kappa shape index (κ1) is 22.2. The van der Waals surface area contributed by atoms with E-state index in [1.807, 2.05) is 35.5 Å². The first-order valence-corrected chi connectivity index (χ1v) is 10.2. The Morgan fingerprint density at radius 1 is 1.52 bits per heavy atom. The van der Waals surface area contributed by atoms with Crippen LogP contribution in [-0.2, 0) is 18.2 Å². The highest BCUT2D eigenvalue weighted by atomic mass is 127. The van der Waals surface area contributed by atoms with Gasteiger partial charge in [-0.25, -0.2) is 0 Å². The Morgan fingerprint density at radius 2 is 2.37 bits per heavy atom. The zero-order chi connectivity index (χ0) is 18.4. The molecule has 0 saturated carbocycles. The molecule has 1 N–H and O–H groups in total. The van der Waals surface area contributed by atoms with Crippen LogP contribution in [0.25, 0.3) is 0 Å². The van der Waals surface area contributed by atoms with Crippen molar-refractivity contribution >= 4 is 41.3 Å². The van der Waals surface area contributed by atoms with Crippen LogP contribution in [0, 0.1) is 5.92 Å². The van der Waals surface area contributed by atoms with Crippen LogP contribution in [0.2, 0.25) is 0 Å². The molecule has 8 heteroatoms. The fourth-order valence-electron chi connectivity index (χ4n) is 3.15. The summed E-state index contributed by atoms with van der Waals surface area (Å²) >= 11 is 1.82. The maximum atomic E-state index is 5.96. The van der Waals surface area contributed by atoms with Crippen molar-refractivity contribution in [1.29, 1.82) is 0 Å². The first-order valence-electron chi connectivity index (χ1n) is 9.31. The largest absolute Gasteiger partial charge is 0.370 e. The zero-order valence-electron chi connectivity index (χ0n) is 16.3. The summed E-state index contributed by atoms with van der Waals surface area (Å²) in [5.74, 6) is 1.51. The van der Waals surface area contributed by atoms with Crippen LogP contribution in [0.4, 0.5) is 0 Å². The van der Waals surface area contributed by atoms with E-state index >= 15 is 0 Å². The van der Waals surface area contributed by atoms with Gasteiger partial charge < -0.3 is 15.0 Å². The number of morpholine rings is 1. The van der Waals surface area contributed by atoms with E-state index in [4.69, 9.17) is 9.73 Å². The van der Waals surface area contributed by atoms with Crippen molar-refractivity contribution < 1.29 is 4.74 Å². The number of guanidine groups is 1. The van der Waals surface area contributed by atoms with Crippen LogP contribution in [0.3, 0.4) is 0 Å². The van der Waals surface area contributed by atoms with Gasteiger partial charge in [-0.2, -0.15) is 5.10 Å². The minimum absolute atomic E-state index is 0. The van der Waals surface area contributed by atoms with Gasteiger partial charge in [-0.1, -0.05) is 13.0 Å². The molecule has 2 unspecified atom stereocenters. The SMILES string of the molecule is CCNC(=NCC(C)Cc1cccs1)N1CCOC(c2cnn(C)c2)C1.I. The minimum atomic E-state index is 0. The number of halogens is 1. The summed E-state index contributed by atoms with van der Waals surface area (Å²) in [6, 6.07) is 4.32. The predicted molar refractivity (Wildman–Crippen MR) is 122 cm³/mol. The number of rotatable bonds is 6. The molecule has 3 rings (SSSR count). The monoisotopic (exact) mass is 503 g/mol. The molecule has 2 aromatic heterocycles. The van der Waals surface area contributed by atoms with Crippen LogP contribution in [0.15, 0.2) is 34.9 Å². The van der Waals surface area contributed by atoms with Crippen molar-refractivity contribution in [1.82, 2.24) is 20.0 Å². The maximum absolute atomic E-state index is 5.96. The molecular weight excluding hydrogens is 473 g/mol. The molecule has 3 heterocycles. The van der Waals surface area contributed by atoms with Crippen molar-refractivity contribution in [2.75, 3.05) is 32.8 Å². The van der Waals surface area contributed by atoms with E-state index in [2.05, 4.69) is 46.7 Å². The molecular formula is C19H30IN5OS. The summed E-state index contributed by atoms with van der Waals surface area (Å²) < 4.78 is 7.78. The fourth-order valence-corrected chi connectivity index (χ4v) is 4.02. The van der Waals surface area contributed by atoms with Crippen molar-refractivity contribution in [3.63, 3.8) is 0 Å². The summed E-state index contributed by atoms with van der Waals surface area (Å²) in [6.45, 7) is 8.45. The molecule has 1 aliphatic rings. The Kier molecular flexibility index (Phi) is 9.04. The maximum Gasteiger partial charge on any atom is 0.194 e. The van der Waals surface area contributed by atoms with Gasteiger partial charge in [0.15, 0.2) is 5.96 Å². The Bertz CT molecular complexity index is 703. The topological polar surface area (TPSA) is 54.7 Å². The number of aliphatic imine (C=N–C) groups is 1. The van der Waals surface area contributed by atoms with Gasteiger partial charge in [0.05, 0.1) is 19.3 Å². The molecule has 2 atom stereocenters. The summed E-state index contributed by atoms with van der Waals surface area (Å²) in [5, 5.41) is 9.85. The van der Waals surface area contributed by atoms with E-state index in [0.29, 0.717) is 12.5 Å².